The molecular weight excluding hydrogens is 372 g/mol. The van der Waals surface area contributed by atoms with Gasteiger partial charge in [0.2, 0.25) is 0 Å². The van der Waals surface area contributed by atoms with Gasteiger partial charge in [0, 0.05) is 18.3 Å². The number of benzene rings is 1. The molecule has 7 heteroatoms. The van der Waals surface area contributed by atoms with Crippen molar-refractivity contribution in [2.24, 2.45) is 0 Å². The number of hydrogen-bond donors (Lipinski definition) is 0. The molecule has 1 aliphatic heterocycles. The molecule has 1 aromatic carbocycles. The molecule has 0 atom stereocenters. The maximum atomic E-state index is 13.1. The molecule has 1 amide bonds. The van der Waals surface area contributed by atoms with Gasteiger partial charge in [-0.1, -0.05) is 23.8 Å². The highest BCUT2D eigenvalue weighted by Gasteiger charge is 2.37. The van der Waals surface area contributed by atoms with Crippen LogP contribution < -0.4 is 0 Å². The maximum absolute atomic E-state index is 13.1. The quantitative estimate of drug-likeness (QED) is 0.237. The van der Waals surface area contributed by atoms with E-state index in [9.17, 15) is 19.7 Å². The van der Waals surface area contributed by atoms with Crippen molar-refractivity contribution in [2.45, 2.75) is 39.0 Å². The third-order valence-electron chi connectivity index (χ3n) is 5.38. The Morgan fingerprint density at radius 3 is 2.72 bits per heavy atom. The second-order valence-corrected chi connectivity index (χ2v) is 7.14. The Kier molecular flexibility index (Phi) is 6.26. The van der Waals surface area contributed by atoms with Crippen LogP contribution in [0.4, 0.5) is 5.69 Å². The second-order valence-electron chi connectivity index (χ2n) is 7.14. The van der Waals surface area contributed by atoms with Crippen molar-refractivity contribution >= 4 is 23.6 Å². The van der Waals surface area contributed by atoms with Crippen LogP contribution in [0.5, 0.6) is 0 Å². The van der Waals surface area contributed by atoms with Crippen molar-refractivity contribution in [1.82, 2.24) is 4.90 Å². The van der Waals surface area contributed by atoms with E-state index in [0.717, 1.165) is 25.7 Å². The summed E-state index contributed by atoms with van der Waals surface area (Å²) in [6, 6.07) is 6.13. The molecule has 0 aromatic heterocycles. The van der Waals surface area contributed by atoms with E-state index >= 15 is 0 Å². The van der Waals surface area contributed by atoms with Gasteiger partial charge in [0.05, 0.1) is 28.7 Å². The molecule has 3 rings (SSSR count). The Hall–Kier alpha value is -3.22. The Labute approximate surface area is 169 Å². The maximum Gasteiger partial charge on any atom is 0.340 e. The zero-order valence-electron chi connectivity index (χ0n) is 16.6. The van der Waals surface area contributed by atoms with Crippen LogP contribution in [0.15, 0.2) is 52.8 Å². The summed E-state index contributed by atoms with van der Waals surface area (Å²) < 4.78 is 4.88. The fourth-order valence-corrected chi connectivity index (χ4v) is 3.82. The number of para-hydroxylation sites is 1. The van der Waals surface area contributed by atoms with Gasteiger partial charge >= 0.3 is 5.97 Å². The van der Waals surface area contributed by atoms with Crippen molar-refractivity contribution in [3.05, 3.63) is 68.4 Å². The molecule has 0 fully saturated rings. The average Bonchev–Trinajstić information content (AvgIpc) is 2.96. The van der Waals surface area contributed by atoms with Gasteiger partial charge < -0.3 is 9.64 Å². The summed E-state index contributed by atoms with van der Waals surface area (Å²) in [7, 11) is 1.26. The van der Waals surface area contributed by atoms with Crippen molar-refractivity contribution < 1.29 is 19.2 Å². The van der Waals surface area contributed by atoms with Crippen LogP contribution in [0.25, 0.3) is 6.08 Å². The molecule has 0 saturated heterocycles. The zero-order chi connectivity index (χ0) is 21.0. The lowest BCUT2D eigenvalue weighted by atomic mass is 9.97. The molecule has 0 radical (unpaired) electrons. The monoisotopic (exact) mass is 396 g/mol. The van der Waals surface area contributed by atoms with Gasteiger partial charge in [-0.2, -0.15) is 0 Å². The number of nitrogens with zero attached hydrogens (tertiary/aromatic N) is 2. The van der Waals surface area contributed by atoms with Crippen LogP contribution in [0.3, 0.4) is 0 Å². The number of hydrogen-bond acceptors (Lipinski definition) is 5. The van der Waals surface area contributed by atoms with E-state index < -0.39 is 10.9 Å². The van der Waals surface area contributed by atoms with Gasteiger partial charge in [-0.25, -0.2) is 4.79 Å². The van der Waals surface area contributed by atoms with Gasteiger partial charge in [0.15, 0.2) is 0 Å². The number of esters is 1. The van der Waals surface area contributed by atoms with Gasteiger partial charge in [0.1, 0.15) is 0 Å². The van der Waals surface area contributed by atoms with Crippen LogP contribution >= 0.6 is 0 Å². The van der Waals surface area contributed by atoms with E-state index in [0.29, 0.717) is 12.2 Å². The summed E-state index contributed by atoms with van der Waals surface area (Å²) in [5, 5.41) is 11.3. The van der Waals surface area contributed by atoms with Crippen LogP contribution in [-0.4, -0.2) is 35.4 Å². The Morgan fingerprint density at radius 1 is 1.31 bits per heavy atom. The third kappa shape index (κ3) is 4.29. The zero-order valence-corrected chi connectivity index (χ0v) is 16.6. The molecular formula is C22H24N2O5. The van der Waals surface area contributed by atoms with Crippen molar-refractivity contribution in [3.63, 3.8) is 0 Å². The summed E-state index contributed by atoms with van der Waals surface area (Å²) in [6.07, 6.45) is 8.84. The normalized spacial score (nSPS) is 18.3. The number of carbonyl (C=O) groups is 2. The lowest BCUT2D eigenvalue weighted by Gasteiger charge is -2.20. The minimum atomic E-state index is -0.625. The van der Waals surface area contributed by atoms with E-state index in [2.05, 4.69) is 6.08 Å². The molecule has 0 saturated carbocycles. The number of amides is 1. The molecule has 29 heavy (non-hydrogen) atoms. The van der Waals surface area contributed by atoms with Gasteiger partial charge in [0.25, 0.3) is 11.6 Å². The highest BCUT2D eigenvalue weighted by Crippen LogP contribution is 2.34. The summed E-state index contributed by atoms with van der Waals surface area (Å²) in [4.78, 5) is 37.9. The smallest absolute Gasteiger partial charge is 0.340 e. The first-order valence-corrected chi connectivity index (χ1v) is 9.68. The first-order valence-electron chi connectivity index (χ1n) is 9.68. The molecule has 1 aromatic rings. The predicted molar refractivity (Wildman–Crippen MR) is 109 cm³/mol. The molecule has 0 bridgehead atoms. The third-order valence-corrected chi connectivity index (χ3v) is 5.38. The molecule has 7 nitrogen and oxygen atoms in total. The van der Waals surface area contributed by atoms with Gasteiger partial charge in [-0.05, 0) is 51.2 Å². The lowest BCUT2D eigenvalue weighted by Crippen LogP contribution is -2.26. The van der Waals surface area contributed by atoms with Crippen molar-refractivity contribution in [1.29, 1.82) is 0 Å². The lowest BCUT2D eigenvalue weighted by molar-refractivity contribution is -0.385. The van der Waals surface area contributed by atoms with E-state index in [1.807, 2.05) is 0 Å². The topological polar surface area (TPSA) is 89.8 Å². The van der Waals surface area contributed by atoms with Crippen LogP contribution in [0.2, 0.25) is 0 Å². The summed E-state index contributed by atoms with van der Waals surface area (Å²) in [6.45, 7) is 2.17. The number of carbonyl (C=O) groups excluding carboxylic acids is 2. The van der Waals surface area contributed by atoms with Crippen molar-refractivity contribution in [2.75, 3.05) is 13.7 Å². The fraction of sp³-hybridized carbons (Fsp3) is 0.364. The number of nitro groups is 1. The Balaban J connectivity index is 1.96. The fourth-order valence-electron chi connectivity index (χ4n) is 3.82. The van der Waals surface area contributed by atoms with E-state index in [-0.39, 0.29) is 28.3 Å². The van der Waals surface area contributed by atoms with E-state index in [1.165, 1.54) is 31.2 Å². The molecule has 0 spiro atoms. The second kappa shape index (κ2) is 8.86. The highest BCUT2D eigenvalue weighted by molar-refractivity contribution is 6.16. The van der Waals surface area contributed by atoms with Crippen LogP contribution in [0.1, 0.15) is 44.6 Å². The molecule has 1 heterocycles. The molecule has 0 unspecified atom stereocenters. The van der Waals surface area contributed by atoms with Crippen LogP contribution in [0, 0.1) is 10.1 Å². The number of ether oxygens (including phenoxy) is 1. The van der Waals surface area contributed by atoms with E-state index in [1.54, 1.807) is 30.0 Å². The number of methoxy groups -OCH3 is 1. The Bertz CT molecular complexity index is 942. The minimum Gasteiger partial charge on any atom is -0.465 e. The molecule has 1 aliphatic carbocycles. The summed E-state index contributed by atoms with van der Waals surface area (Å²) in [5.74, 6) is -0.961. The average molecular weight is 396 g/mol. The Morgan fingerprint density at radius 2 is 2.07 bits per heavy atom. The largest absolute Gasteiger partial charge is 0.465 e. The molecule has 152 valence electrons. The summed E-state index contributed by atoms with van der Waals surface area (Å²) >= 11 is 0. The number of nitro benzene ring substituents is 1. The van der Waals surface area contributed by atoms with Crippen LogP contribution in [-0.2, 0) is 14.3 Å². The summed E-state index contributed by atoms with van der Waals surface area (Å²) in [5.41, 5.74) is 2.28. The predicted octanol–water partition coefficient (Wildman–Crippen LogP) is 4.16. The van der Waals surface area contributed by atoms with E-state index in [4.69, 9.17) is 4.74 Å². The van der Waals surface area contributed by atoms with Gasteiger partial charge in [-0.3, -0.25) is 14.9 Å². The highest BCUT2D eigenvalue weighted by atomic mass is 16.6. The molecule has 2 aliphatic rings. The number of rotatable bonds is 6. The molecule has 0 N–H and O–H groups in total. The minimum absolute atomic E-state index is 0.125. The van der Waals surface area contributed by atoms with Gasteiger partial charge in [-0.15, -0.1) is 0 Å². The van der Waals surface area contributed by atoms with Crippen molar-refractivity contribution in [3.8, 4) is 0 Å². The number of allylic oxidation sites excluding steroid dienone is 2. The standard InChI is InChI=1S/C22H24N2O5/c1-15-20(22(26)29-2)18(14-17-10-6-7-11-19(17)24(27)28)21(25)23(15)13-12-16-8-4-3-5-9-16/h6-8,10-11,14H,3-5,9,12-13H2,1-2H3. The first kappa shape index (κ1) is 20.5. The SMILES string of the molecule is COC(=O)C1=C(C)N(CCC2=CCCCC2)C(=O)C1=Cc1ccccc1[N+](=O)[O-]. The first-order chi connectivity index (χ1) is 13.9.